The zero-order valence-electron chi connectivity index (χ0n) is 20.5. The third kappa shape index (κ3) is 6.53. The summed E-state index contributed by atoms with van der Waals surface area (Å²) in [5.41, 5.74) is 1.45. The molecule has 1 aromatic heterocycles. The van der Waals surface area contributed by atoms with Gasteiger partial charge in [0.15, 0.2) is 10.1 Å². The van der Waals surface area contributed by atoms with Crippen LogP contribution in [0.5, 0.6) is 0 Å². The van der Waals surface area contributed by atoms with Crippen molar-refractivity contribution in [2.75, 3.05) is 17.7 Å². The number of sulfonamides is 1. The molecule has 0 spiro atoms. The molecule has 1 amide bonds. The molecular formula is C25H22BrN3O7S3. The standard InChI is InChI=1S/C23H18BrN3O7S3.C2H4/c1-36(29,30)25-20(28)12-26-17-10-15(24)7-9-19(17)35-22(26)11-21-27(13-37(31,32)33)23-16-5-3-2-4-14(16)6-8-18(23)34-21;1-2/h2-11H,12-13H2,1H3,(H-,25,28,31,32,33);1-2H2. The molecule has 0 fully saturated rings. The molecule has 2 heterocycles. The van der Waals surface area contributed by atoms with E-state index < -0.39 is 31.9 Å². The molecule has 39 heavy (non-hydrogen) atoms. The van der Waals surface area contributed by atoms with Crippen molar-refractivity contribution in [1.82, 2.24) is 4.72 Å². The molecule has 0 unspecified atom stereocenters. The summed E-state index contributed by atoms with van der Waals surface area (Å²) >= 11 is 4.69. The number of oxazole rings is 1. The molecule has 1 aliphatic heterocycles. The normalized spacial score (nSPS) is 14.3. The Labute approximate surface area is 237 Å². The molecule has 0 saturated heterocycles. The van der Waals surface area contributed by atoms with E-state index in [9.17, 15) is 26.2 Å². The molecule has 1 aliphatic rings. The van der Waals surface area contributed by atoms with Gasteiger partial charge in [-0.05, 0) is 35.7 Å². The number of hydrogen-bond acceptors (Lipinski definition) is 9. The first-order valence-electron chi connectivity index (χ1n) is 11.1. The highest BCUT2D eigenvalue weighted by Gasteiger charge is 2.32. The lowest BCUT2D eigenvalue weighted by Gasteiger charge is -2.19. The Morgan fingerprint density at radius 2 is 1.87 bits per heavy atom. The number of carbonyl (C=O) groups excluding carboxylic acids is 1. The summed E-state index contributed by atoms with van der Waals surface area (Å²) in [5.74, 6) is -1.55. The van der Waals surface area contributed by atoms with Gasteiger partial charge in [-0.3, -0.25) is 9.52 Å². The van der Waals surface area contributed by atoms with Crippen LogP contribution in [0.3, 0.4) is 0 Å². The highest BCUT2D eigenvalue weighted by Crippen LogP contribution is 2.47. The average molecular weight is 653 g/mol. The Hall–Kier alpha value is -3.17. The number of rotatable bonds is 6. The first kappa shape index (κ1) is 28.8. The second-order valence-corrected chi connectivity index (χ2v) is 13.4. The predicted molar refractivity (Wildman–Crippen MR) is 153 cm³/mol. The molecule has 10 nitrogen and oxygen atoms in total. The van der Waals surface area contributed by atoms with Gasteiger partial charge in [0.2, 0.25) is 21.5 Å². The van der Waals surface area contributed by atoms with Crippen LogP contribution in [0, 0.1) is 0 Å². The van der Waals surface area contributed by atoms with Crippen LogP contribution in [-0.4, -0.2) is 40.1 Å². The van der Waals surface area contributed by atoms with Gasteiger partial charge >= 0.3 is 5.89 Å². The number of nitrogens with one attached hydrogen (secondary N) is 1. The van der Waals surface area contributed by atoms with Crippen LogP contribution in [0.4, 0.5) is 5.69 Å². The number of nitrogens with zero attached hydrogens (tertiary/aromatic N) is 2. The van der Waals surface area contributed by atoms with Crippen molar-refractivity contribution in [2.45, 2.75) is 10.8 Å². The van der Waals surface area contributed by atoms with Crippen molar-refractivity contribution in [3.05, 3.63) is 83.1 Å². The summed E-state index contributed by atoms with van der Waals surface area (Å²) in [6.07, 6.45) is 2.42. The minimum Gasteiger partial charge on any atom is -0.743 e. The average Bonchev–Trinajstić information content (AvgIpc) is 3.36. The van der Waals surface area contributed by atoms with Gasteiger partial charge in [0.1, 0.15) is 6.54 Å². The van der Waals surface area contributed by atoms with Crippen molar-refractivity contribution in [2.24, 2.45) is 0 Å². The van der Waals surface area contributed by atoms with Crippen LogP contribution in [0.15, 0.2) is 86.6 Å². The Morgan fingerprint density at radius 1 is 1.15 bits per heavy atom. The number of halogens is 1. The second-order valence-electron chi connectivity index (χ2n) is 8.27. The van der Waals surface area contributed by atoms with E-state index in [1.165, 1.54) is 22.4 Å². The molecular weight excluding hydrogens is 630 g/mol. The van der Waals surface area contributed by atoms with Gasteiger partial charge in [-0.2, -0.15) is 0 Å². The molecule has 204 valence electrons. The molecule has 3 aromatic carbocycles. The number of thioether (sulfide) groups is 1. The van der Waals surface area contributed by atoms with Crippen molar-refractivity contribution in [1.29, 1.82) is 0 Å². The van der Waals surface area contributed by atoms with Gasteiger partial charge in [0, 0.05) is 9.37 Å². The van der Waals surface area contributed by atoms with E-state index in [1.807, 2.05) is 35.1 Å². The highest BCUT2D eigenvalue weighted by atomic mass is 79.9. The maximum absolute atomic E-state index is 12.5. The van der Waals surface area contributed by atoms with E-state index in [2.05, 4.69) is 29.1 Å². The monoisotopic (exact) mass is 651 g/mol. The number of anilines is 1. The molecule has 0 bridgehead atoms. The molecule has 0 saturated carbocycles. The number of hydrogen-bond donors (Lipinski definition) is 1. The lowest BCUT2D eigenvalue weighted by Crippen LogP contribution is -2.40. The minimum atomic E-state index is -4.71. The Kier molecular flexibility index (Phi) is 8.23. The van der Waals surface area contributed by atoms with Crippen molar-refractivity contribution >= 4 is 87.4 Å². The van der Waals surface area contributed by atoms with E-state index in [-0.39, 0.29) is 12.4 Å². The maximum Gasteiger partial charge on any atom is 0.377 e. The molecule has 5 rings (SSSR count). The highest BCUT2D eigenvalue weighted by molar-refractivity contribution is 9.10. The fourth-order valence-electron chi connectivity index (χ4n) is 4.10. The number of amides is 1. The summed E-state index contributed by atoms with van der Waals surface area (Å²) in [7, 11) is -8.49. The molecule has 14 heteroatoms. The Balaban J connectivity index is 0.00000172. The fourth-order valence-corrected chi connectivity index (χ4v) is 6.57. The molecule has 4 aromatic rings. The summed E-state index contributed by atoms with van der Waals surface area (Å²) in [5, 5.41) is 2.00. The summed E-state index contributed by atoms with van der Waals surface area (Å²) in [4.78, 5) is 14.9. The van der Waals surface area contributed by atoms with Gasteiger partial charge in [-0.15, -0.1) is 17.7 Å². The van der Waals surface area contributed by atoms with Crippen molar-refractivity contribution in [3.8, 4) is 0 Å². The summed E-state index contributed by atoms with van der Waals surface area (Å²) < 4.78 is 68.7. The van der Waals surface area contributed by atoms with Gasteiger partial charge in [-0.25, -0.2) is 16.8 Å². The second kappa shape index (κ2) is 11.1. The molecule has 0 radical (unpaired) electrons. The zero-order valence-corrected chi connectivity index (χ0v) is 24.5. The summed E-state index contributed by atoms with van der Waals surface area (Å²) in [6, 6.07) is 16.3. The minimum absolute atomic E-state index is 0.0775. The fraction of sp³-hybridized carbons (Fsp3) is 0.120. The van der Waals surface area contributed by atoms with Crippen molar-refractivity contribution in [3.63, 3.8) is 0 Å². The predicted octanol–water partition coefficient (Wildman–Crippen LogP) is 3.93. The number of benzene rings is 3. The first-order valence-corrected chi connectivity index (χ1v) is 16.2. The Bertz CT molecular complexity index is 1850. The van der Waals surface area contributed by atoms with Crippen molar-refractivity contribution < 1.29 is 35.2 Å². The van der Waals surface area contributed by atoms with Crippen LogP contribution < -0.4 is 14.2 Å². The van der Waals surface area contributed by atoms with E-state index in [4.69, 9.17) is 4.42 Å². The number of fused-ring (bicyclic) bond motifs is 4. The van der Waals surface area contributed by atoms with E-state index in [0.717, 1.165) is 21.0 Å². The molecule has 1 N–H and O–H groups in total. The third-order valence-electron chi connectivity index (χ3n) is 5.44. The topological polar surface area (TPSA) is 141 Å². The smallest absolute Gasteiger partial charge is 0.377 e. The van der Waals surface area contributed by atoms with E-state index in [0.29, 0.717) is 27.2 Å². The summed E-state index contributed by atoms with van der Waals surface area (Å²) in [6.45, 7) is 5.67. The lowest BCUT2D eigenvalue weighted by atomic mass is 10.1. The first-order chi connectivity index (χ1) is 18.4. The lowest BCUT2D eigenvalue weighted by molar-refractivity contribution is -0.658. The molecule has 0 atom stereocenters. The van der Waals surface area contributed by atoms with Gasteiger partial charge in [0.25, 0.3) is 11.4 Å². The van der Waals surface area contributed by atoms with Gasteiger partial charge in [-0.1, -0.05) is 52.0 Å². The van der Waals surface area contributed by atoms with Crippen LogP contribution in [0.25, 0.3) is 27.9 Å². The van der Waals surface area contributed by atoms with Gasteiger partial charge in [0.05, 0.1) is 28.4 Å². The maximum atomic E-state index is 12.5. The van der Waals surface area contributed by atoms with E-state index >= 15 is 0 Å². The van der Waals surface area contributed by atoms with Crippen LogP contribution >= 0.6 is 27.7 Å². The Morgan fingerprint density at radius 3 is 2.56 bits per heavy atom. The number of aromatic nitrogens is 1. The SMILES string of the molecule is C=C.CS(=O)(=O)NC(=O)CN1C(=Cc2oc3ccc4ccccc4c3[n+]2CS(=O)(=O)[O-])Sc2ccc(Br)cc21. The third-order valence-corrected chi connectivity index (χ3v) is 8.22. The quantitative estimate of drug-likeness (QED) is 0.186. The molecule has 0 aliphatic carbocycles. The number of carbonyl (C=O) groups is 1. The van der Waals surface area contributed by atoms with E-state index in [1.54, 1.807) is 29.2 Å². The zero-order chi connectivity index (χ0) is 28.5. The van der Waals surface area contributed by atoms with Gasteiger partial charge < -0.3 is 13.9 Å². The van der Waals surface area contributed by atoms with Crippen LogP contribution in [0.2, 0.25) is 0 Å². The van der Waals surface area contributed by atoms with Crippen LogP contribution in [-0.2, 0) is 30.8 Å². The largest absolute Gasteiger partial charge is 0.743 e. The van der Waals surface area contributed by atoms with Crippen LogP contribution in [0.1, 0.15) is 5.89 Å².